The highest BCUT2D eigenvalue weighted by Gasteiger charge is 1.99. The lowest BCUT2D eigenvalue weighted by Crippen LogP contribution is -2.05. The number of benzene rings is 2. The van der Waals surface area contributed by atoms with E-state index in [0.717, 1.165) is 23.7 Å². The second-order valence-electron chi connectivity index (χ2n) is 4.89. The fourth-order valence-corrected chi connectivity index (χ4v) is 1.87. The van der Waals surface area contributed by atoms with Crippen molar-refractivity contribution in [1.29, 1.82) is 0 Å². The van der Waals surface area contributed by atoms with Gasteiger partial charge in [-0.1, -0.05) is 12.1 Å². The maximum absolute atomic E-state index is 5.62. The molecular weight excluding hydrogens is 250 g/mol. The smallest absolute Gasteiger partial charge is 0.119 e. The van der Waals surface area contributed by atoms with Gasteiger partial charge in [-0.2, -0.15) is 0 Å². The van der Waals surface area contributed by atoms with Gasteiger partial charge in [-0.15, -0.1) is 0 Å². The predicted octanol–water partition coefficient (Wildman–Crippen LogP) is 4.09. The highest BCUT2D eigenvalue weighted by molar-refractivity contribution is 5.46. The Balaban J connectivity index is 1.89. The lowest BCUT2D eigenvalue weighted by molar-refractivity contribution is 0.242. The molecule has 0 aliphatic heterocycles. The molecule has 0 aliphatic rings. The van der Waals surface area contributed by atoms with Crippen LogP contribution >= 0.6 is 0 Å². The van der Waals surface area contributed by atoms with Crippen LogP contribution in [-0.4, -0.2) is 13.2 Å². The zero-order chi connectivity index (χ0) is 14.4. The molecule has 20 heavy (non-hydrogen) atoms. The molecule has 0 spiro atoms. The standard InChI is InChI=1S/C17H21NO2/c1-13(2)20-17-8-4-14(5-9-17)12-18-15-6-10-16(19-3)11-7-15/h4-11,13,18H,12H2,1-3H3. The van der Waals surface area contributed by atoms with E-state index in [-0.39, 0.29) is 6.10 Å². The molecule has 0 aromatic heterocycles. The van der Waals surface area contributed by atoms with Crippen LogP contribution in [0.2, 0.25) is 0 Å². The van der Waals surface area contributed by atoms with Gasteiger partial charge in [-0.05, 0) is 55.8 Å². The summed E-state index contributed by atoms with van der Waals surface area (Å²) in [5.41, 5.74) is 2.30. The maximum Gasteiger partial charge on any atom is 0.119 e. The molecule has 1 N–H and O–H groups in total. The number of anilines is 1. The van der Waals surface area contributed by atoms with Gasteiger partial charge < -0.3 is 14.8 Å². The molecule has 2 aromatic carbocycles. The van der Waals surface area contributed by atoms with Crippen molar-refractivity contribution in [2.75, 3.05) is 12.4 Å². The summed E-state index contributed by atoms with van der Waals surface area (Å²) in [5.74, 6) is 1.78. The first kappa shape index (κ1) is 14.3. The van der Waals surface area contributed by atoms with Crippen LogP contribution < -0.4 is 14.8 Å². The number of nitrogens with one attached hydrogen (secondary N) is 1. The second-order valence-corrected chi connectivity index (χ2v) is 4.89. The van der Waals surface area contributed by atoms with Gasteiger partial charge in [-0.3, -0.25) is 0 Å². The lowest BCUT2D eigenvalue weighted by atomic mass is 10.2. The molecule has 0 aliphatic carbocycles. The van der Waals surface area contributed by atoms with Crippen LogP contribution in [0.15, 0.2) is 48.5 Å². The Hall–Kier alpha value is -2.16. The first-order chi connectivity index (χ1) is 9.67. The average molecular weight is 271 g/mol. The Morgan fingerprint density at radius 1 is 0.900 bits per heavy atom. The SMILES string of the molecule is COc1ccc(NCc2ccc(OC(C)C)cc2)cc1. The summed E-state index contributed by atoms with van der Waals surface area (Å²) in [5, 5.41) is 3.38. The quantitative estimate of drug-likeness (QED) is 0.858. The molecule has 0 amide bonds. The van der Waals surface area contributed by atoms with Gasteiger partial charge in [0, 0.05) is 12.2 Å². The van der Waals surface area contributed by atoms with Crippen molar-refractivity contribution in [3.63, 3.8) is 0 Å². The third-order valence-electron chi connectivity index (χ3n) is 2.88. The van der Waals surface area contributed by atoms with Crippen LogP contribution in [0.4, 0.5) is 5.69 Å². The average Bonchev–Trinajstić information content (AvgIpc) is 2.46. The number of ether oxygens (including phenoxy) is 2. The van der Waals surface area contributed by atoms with Crippen LogP contribution in [0.25, 0.3) is 0 Å². The summed E-state index contributed by atoms with van der Waals surface area (Å²) in [7, 11) is 1.67. The Morgan fingerprint density at radius 2 is 1.50 bits per heavy atom. The number of hydrogen-bond acceptors (Lipinski definition) is 3. The van der Waals surface area contributed by atoms with Gasteiger partial charge in [0.15, 0.2) is 0 Å². The molecule has 0 heterocycles. The minimum absolute atomic E-state index is 0.207. The monoisotopic (exact) mass is 271 g/mol. The molecule has 106 valence electrons. The van der Waals surface area contributed by atoms with Crippen LogP contribution in [-0.2, 0) is 6.54 Å². The molecule has 0 saturated carbocycles. The van der Waals surface area contributed by atoms with E-state index in [9.17, 15) is 0 Å². The summed E-state index contributed by atoms with van der Waals surface area (Å²) < 4.78 is 10.8. The third-order valence-corrected chi connectivity index (χ3v) is 2.88. The molecule has 0 saturated heterocycles. The fraction of sp³-hybridized carbons (Fsp3) is 0.294. The molecule has 0 atom stereocenters. The van der Waals surface area contributed by atoms with Gasteiger partial charge in [-0.25, -0.2) is 0 Å². The molecule has 2 rings (SSSR count). The van der Waals surface area contributed by atoms with E-state index in [1.165, 1.54) is 5.56 Å². The molecule has 0 fully saturated rings. The second kappa shape index (κ2) is 6.85. The number of rotatable bonds is 6. The van der Waals surface area contributed by atoms with Crippen LogP contribution in [0.5, 0.6) is 11.5 Å². The third kappa shape index (κ3) is 4.19. The predicted molar refractivity (Wildman–Crippen MR) is 82.5 cm³/mol. The van der Waals surface area contributed by atoms with E-state index < -0.39 is 0 Å². The summed E-state index contributed by atoms with van der Waals surface area (Å²) in [6.45, 7) is 4.84. The van der Waals surface area contributed by atoms with Gasteiger partial charge in [0.05, 0.1) is 13.2 Å². The van der Waals surface area contributed by atoms with Crippen molar-refractivity contribution in [2.24, 2.45) is 0 Å². The van der Waals surface area contributed by atoms with E-state index in [2.05, 4.69) is 17.4 Å². The lowest BCUT2D eigenvalue weighted by Gasteiger charge is -2.11. The zero-order valence-corrected chi connectivity index (χ0v) is 12.2. The Labute approximate surface area is 120 Å². The van der Waals surface area contributed by atoms with Crippen molar-refractivity contribution in [1.82, 2.24) is 0 Å². The van der Waals surface area contributed by atoms with Crippen LogP contribution in [0.1, 0.15) is 19.4 Å². The summed E-state index contributed by atoms with van der Waals surface area (Å²) in [4.78, 5) is 0. The van der Waals surface area contributed by atoms with Crippen LogP contribution in [0.3, 0.4) is 0 Å². The Morgan fingerprint density at radius 3 is 2.05 bits per heavy atom. The molecule has 0 bridgehead atoms. The van der Waals surface area contributed by atoms with Crippen molar-refractivity contribution >= 4 is 5.69 Å². The van der Waals surface area contributed by atoms with Gasteiger partial charge in [0.25, 0.3) is 0 Å². The van der Waals surface area contributed by atoms with Gasteiger partial charge in [0.1, 0.15) is 11.5 Å². The van der Waals surface area contributed by atoms with E-state index in [1.807, 2.05) is 50.2 Å². The first-order valence-electron chi connectivity index (χ1n) is 6.81. The molecule has 0 unspecified atom stereocenters. The zero-order valence-electron chi connectivity index (χ0n) is 12.2. The molecular formula is C17H21NO2. The first-order valence-corrected chi connectivity index (χ1v) is 6.81. The molecule has 2 aromatic rings. The normalized spacial score (nSPS) is 10.4. The van der Waals surface area contributed by atoms with Crippen molar-refractivity contribution in [3.05, 3.63) is 54.1 Å². The fourth-order valence-electron chi connectivity index (χ4n) is 1.87. The number of hydrogen-bond donors (Lipinski definition) is 1. The van der Waals surface area contributed by atoms with Crippen LogP contribution in [0, 0.1) is 0 Å². The largest absolute Gasteiger partial charge is 0.497 e. The number of methoxy groups -OCH3 is 1. The molecule has 0 radical (unpaired) electrons. The summed E-state index contributed by atoms with van der Waals surface area (Å²) in [6.07, 6.45) is 0.207. The summed E-state index contributed by atoms with van der Waals surface area (Å²) in [6, 6.07) is 16.1. The van der Waals surface area contributed by atoms with Crippen molar-refractivity contribution in [2.45, 2.75) is 26.5 Å². The van der Waals surface area contributed by atoms with E-state index in [0.29, 0.717) is 0 Å². The minimum Gasteiger partial charge on any atom is -0.497 e. The summed E-state index contributed by atoms with van der Waals surface area (Å²) >= 11 is 0. The Kier molecular flexibility index (Phi) is 4.88. The highest BCUT2D eigenvalue weighted by atomic mass is 16.5. The van der Waals surface area contributed by atoms with Gasteiger partial charge in [0.2, 0.25) is 0 Å². The van der Waals surface area contributed by atoms with Gasteiger partial charge >= 0.3 is 0 Å². The molecule has 3 heteroatoms. The van der Waals surface area contributed by atoms with Crippen molar-refractivity contribution in [3.8, 4) is 11.5 Å². The Bertz CT molecular complexity index is 518. The minimum atomic E-state index is 0.207. The van der Waals surface area contributed by atoms with E-state index in [1.54, 1.807) is 7.11 Å². The van der Waals surface area contributed by atoms with E-state index in [4.69, 9.17) is 9.47 Å². The van der Waals surface area contributed by atoms with Crippen molar-refractivity contribution < 1.29 is 9.47 Å². The molecule has 3 nitrogen and oxygen atoms in total. The topological polar surface area (TPSA) is 30.5 Å². The highest BCUT2D eigenvalue weighted by Crippen LogP contribution is 2.17. The van der Waals surface area contributed by atoms with E-state index >= 15 is 0 Å². The maximum atomic E-state index is 5.62.